The summed E-state index contributed by atoms with van der Waals surface area (Å²) in [6.45, 7) is 3.81. The Hall–Kier alpha value is -2.09. The molecule has 0 atom stereocenters. The highest BCUT2D eigenvalue weighted by Crippen LogP contribution is 2.24. The maximum atomic E-state index is 13.8. The van der Waals surface area contributed by atoms with E-state index in [1.54, 1.807) is 18.2 Å². The quantitative estimate of drug-likeness (QED) is 0.676. The van der Waals surface area contributed by atoms with Crippen LogP contribution in [0.15, 0.2) is 29.4 Å². The van der Waals surface area contributed by atoms with E-state index < -0.39 is 5.82 Å². The highest BCUT2D eigenvalue weighted by molar-refractivity contribution is 7.99. The number of amides is 1. The normalized spacial score (nSPS) is 15.7. The van der Waals surface area contributed by atoms with Gasteiger partial charge in [0, 0.05) is 13.1 Å². The summed E-state index contributed by atoms with van der Waals surface area (Å²) in [5.74, 6) is 6.80. The number of nitrogen functional groups attached to an aromatic ring is 1. The molecule has 0 saturated carbocycles. The van der Waals surface area contributed by atoms with Crippen LogP contribution < -0.4 is 5.84 Å². The Morgan fingerprint density at radius 3 is 2.75 bits per heavy atom. The average molecular weight is 349 g/mol. The van der Waals surface area contributed by atoms with Gasteiger partial charge in [-0.25, -0.2) is 9.07 Å². The fourth-order valence-electron chi connectivity index (χ4n) is 2.68. The van der Waals surface area contributed by atoms with Crippen LogP contribution in [0.25, 0.3) is 11.4 Å². The van der Waals surface area contributed by atoms with E-state index in [-0.39, 0.29) is 23.0 Å². The molecule has 2 N–H and O–H groups in total. The van der Waals surface area contributed by atoms with Gasteiger partial charge in [-0.1, -0.05) is 30.8 Å². The van der Waals surface area contributed by atoms with Gasteiger partial charge in [-0.3, -0.25) is 4.79 Å². The smallest absolute Gasteiger partial charge is 0.233 e. The molecule has 3 rings (SSSR count). The van der Waals surface area contributed by atoms with E-state index in [0.717, 1.165) is 25.9 Å². The van der Waals surface area contributed by atoms with Gasteiger partial charge in [-0.15, -0.1) is 10.2 Å². The monoisotopic (exact) mass is 349 g/mol. The van der Waals surface area contributed by atoms with Gasteiger partial charge < -0.3 is 10.7 Å². The Bertz CT molecular complexity index is 727. The van der Waals surface area contributed by atoms with E-state index in [2.05, 4.69) is 17.1 Å². The Morgan fingerprint density at radius 1 is 1.33 bits per heavy atom. The zero-order valence-corrected chi connectivity index (χ0v) is 14.3. The fraction of sp³-hybridized carbons (Fsp3) is 0.438. The molecule has 1 aromatic carbocycles. The standard InChI is InChI=1S/C16H20FN5OS/c1-11-6-8-21(9-7-11)14(23)10-24-16-20-19-15(22(16)18)12-4-2-3-5-13(12)17/h2-5,11H,6-10,18H2,1H3. The molecule has 1 aliphatic rings. The molecule has 24 heavy (non-hydrogen) atoms. The number of benzene rings is 1. The second-order valence-electron chi connectivity index (χ2n) is 6.01. The summed E-state index contributed by atoms with van der Waals surface area (Å²) in [6, 6.07) is 6.25. The van der Waals surface area contributed by atoms with Crippen molar-refractivity contribution < 1.29 is 9.18 Å². The van der Waals surface area contributed by atoms with E-state index in [0.29, 0.717) is 11.1 Å². The van der Waals surface area contributed by atoms with Crippen molar-refractivity contribution in [1.29, 1.82) is 0 Å². The van der Waals surface area contributed by atoms with Crippen molar-refractivity contribution in [3.8, 4) is 11.4 Å². The minimum atomic E-state index is -0.410. The van der Waals surface area contributed by atoms with Crippen LogP contribution in [0.2, 0.25) is 0 Å². The molecular formula is C16H20FN5OS. The van der Waals surface area contributed by atoms with Gasteiger partial charge in [0.25, 0.3) is 0 Å². The van der Waals surface area contributed by atoms with Crippen LogP contribution in [0, 0.1) is 11.7 Å². The van der Waals surface area contributed by atoms with Gasteiger partial charge in [-0.2, -0.15) is 0 Å². The molecule has 1 fully saturated rings. The van der Waals surface area contributed by atoms with Crippen molar-refractivity contribution >= 4 is 17.7 Å². The summed E-state index contributed by atoms with van der Waals surface area (Å²) in [7, 11) is 0. The predicted octanol–water partition coefficient (Wildman–Crippen LogP) is 2.15. The van der Waals surface area contributed by atoms with Crippen molar-refractivity contribution in [2.75, 3.05) is 24.7 Å². The van der Waals surface area contributed by atoms with Crippen LogP contribution in [0.3, 0.4) is 0 Å². The first-order valence-electron chi connectivity index (χ1n) is 7.92. The van der Waals surface area contributed by atoms with E-state index in [9.17, 15) is 9.18 Å². The molecule has 0 radical (unpaired) electrons. The summed E-state index contributed by atoms with van der Waals surface area (Å²) in [5, 5.41) is 8.32. The number of aromatic nitrogens is 3. The van der Waals surface area contributed by atoms with Crippen molar-refractivity contribution in [2.45, 2.75) is 24.9 Å². The minimum absolute atomic E-state index is 0.0716. The molecule has 1 saturated heterocycles. The minimum Gasteiger partial charge on any atom is -0.342 e. The number of hydrogen-bond donors (Lipinski definition) is 1. The third kappa shape index (κ3) is 3.53. The Morgan fingerprint density at radius 2 is 2.04 bits per heavy atom. The van der Waals surface area contributed by atoms with Gasteiger partial charge in [0.2, 0.25) is 11.1 Å². The number of carbonyl (C=O) groups excluding carboxylic acids is 1. The molecule has 2 heterocycles. The molecule has 128 valence electrons. The molecule has 1 aromatic heterocycles. The first-order valence-corrected chi connectivity index (χ1v) is 8.90. The lowest BCUT2D eigenvalue weighted by atomic mass is 9.99. The molecular weight excluding hydrogens is 329 g/mol. The second-order valence-corrected chi connectivity index (χ2v) is 6.95. The van der Waals surface area contributed by atoms with E-state index in [1.165, 1.54) is 22.5 Å². The largest absolute Gasteiger partial charge is 0.342 e. The third-order valence-corrected chi connectivity index (χ3v) is 5.17. The van der Waals surface area contributed by atoms with Crippen LogP contribution in [0.1, 0.15) is 19.8 Å². The zero-order valence-electron chi connectivity index (χ0n) is 13.5. The van der Waals surface area contributed by atoms with Gasteiger partial charge in [0.15, 0.2) is 5.82 Å². The average Bonchev–Trinajstić information content (AvgIpc) is 2.94. The summed E-state index contributed by atoms with van der Waals surface area (Å²) in [6.07, 6.45) is 2.09. The maximum absolute atomic E-state index is 13.8. The number of likely N-dealkylation sites (tertiary alicyclic amines) is 1. The van der Waals surface area contributed by atoms with E-state index >= 15 is 0 Å². The first kappa shape index (κ1) is 16.8. The van der Waals surface area contributed by atoms with Crippen LogP contribution in [-0.2, 0) is 4.79 Å². The molecule has 2 aromatic rings. The van der Waals surface area contributed by atoms with Crippen molar-refractivity contribution in [1.82, 2.24) is 19.8 Å². The number of halogens is 1. The SMILES string of the molecule is CC1CCN(C(=O)CSc2nnc(-c3ccccc3F)n2N)CC1. The van der Waals surface area contributed by atoms with Crippen LogP contribution in [0.4, 0.5) is 4.39 Å². The van der Waals surface area contributed by atoms with Crippen molar-refractivity contribution in [3.63, 3.8) is 0 Å². The molecule has 6 nitrogen and oxygen atoms in total. The summed E-state index contributed by atoms with van der Waals surface area (Å²) >= 11 is 1.22. The molecule has 0 bridgehead atoms. The van der Waals surface area contributed by atoms with Gasteiger partial charge in [-0.05, 0) is 30.9 Å². The Balaban J connectivity index is 1.65. The molecule has 0 unspecified atom stereocenters. The van der Waals surface area contributed by atoms with Crippen molar-refractivity contribution in [3.05, 3.63) is 30.1 Å². The number of hydrogen-bond acceptors (Lipinski definition) is 5. The lowest BCUT2D eigenvalue weighted by Crippen LogP contribution is -2.39. The number of piperidine rings is 1. The maximum Gasteiger partial charge on any atom is 0.233 e. The van der Waals surface area contributed by atoms with Gasteiger partial charge in [0.1, 0.15) is 5.82 Å². The predicted molar refractivity (Wildman–Crippen MR) is 91.3 cm³/mol. The summed E-state index contributed by atoms with van der Waals surface area (Å²) < 4.78 is 15.1. The number of thioether (sulfide) groups is 1. The van der Waals surface area contributed by atoms with E-state index in [4.69, 9.17) is 5.84 Å². The molecule has 1 aliphatic heterocycles. The van der Waals surface area contributed by atoms with Crippen LogP contribution in [0.5, 0.6) is 0 Å². The van der Waals surface area contributed by atoms with Crippen LogP contribution in [-0.4, -0.2) is 44.5 Å². The Labute approximate surface area is 144 Å². The number of nitrogens with zero attached hydrogens (tertiary/aromatic N) is 4. The number of rotatable bonds is 4. The van der Waals surface area contributed by atoms with Crippen molar-refractivity contribution in [2.24, 2.45) is 5.92 Å². The first-order chi connectivity index (χ1) is 11.6. The van der Waals surface area contributed by atoms with Crippen LogP contribution >= 0.6 is 11.8 Å². The molecule has 1 amide bonds. The summed E-state index contributed by atoms with van der Waals surface area (Å²) in [5.41, 5.74) is 0.288. The fourth-order valence-corrected chi connectivity index (χ4v) is 3.44. The molecule has 0 spiro atoms. The second kappa shape index (κ2) is 7.21. The number of nitrogens with two attached hydrogens (primary N) is 1. The lowest BCUT2D eigenvalue weighted by Gasteiger charge is -2.30. The number of carbonyl (C=O) groups is 1. The summed E-state index contributed by atoms with van der Waals surface area (Å²) in [4.78, 5) is 14.1. The highest BCUT2D eigenvalue weighted by atomic mass is 32.2. The topological polar surface area (TPSA) is 77.0 Å². The Kier molecular flexibility index (Phi) is 5.03. The molecule has 0 aliphatic carbocycles. The third-order valence-electron chi connectivity index (χ3n) is 4.24. The van der Waals surface area contributed by atoms with E-state index in [1.807, 2.05) is 4.90 Å². The van der Waals surface area contributed by atoms with Gasteiger partial charge >= 0.3 is 0 Å². The highest BCUT2D eigenvalue weighted by Gasteiger charge is 2.22. The zero-order chi connectivity index (χ0) is 17.1. The lowest BCUT2D eigenvalue weighted by molar-refractivity contribution is -0.129. The van der Waals surface area contributed by atoms with Gasteiger partial charge in [0.05, 0.1) is 11.3 Å². The molecule has 8 heteroatoms.